The minimum absolute atomic E-state index is 0. The maximum absolute atomic E-state index is 2.60. The Hall–Kier alpha value is -1.96. The first-order chi connectivity index (χ1) is 15.9. The number of rotatable bonds is 2. The van der Waals surface area contributed by atoms with Crippen molar-refractivity contribution in [2.24, 2.45) is 0 Å². The zero-order valence-electron chi connectivity index (χ0n) is 18.5. The minimum Gasteiger partial charge on any atom is -1.00 e. The van der Waals surface area contributed by atoms with Crippen molar-refractivity contribution in [2.75, 3.05) is 0 Å². The van der Waals surface area contributed by atoms with Crippen LogP contribution < -0.4 is 35.2 Å². The summed E-state index contributed by atoms with van der Waals surface area (Å²) < 4.78 is 1.32. The van der Waals surface area contributed by atoms with Gasteiger partial charge in [-0.25, -0.2) is 0 Å². The summed E-state index contributed by atoms with van der Waals surface area (Å²) in [7, 11) is -2.33. The van der Waals surface area contributed by atoms with Crippen molar-refractivity contribution in [1.29, 1.82) is 0 Å². The third-order valence-electron chi connectivity index (χ3n) is 7.47. The van der Waals surface area contributed by atoms with Gasteiger partial charge < -0.3 is 24.8 Å². The van der Waals surface area contributed by atoms with Gasteiger partial charge in [0.2, 0.25) is 0 Å². The molecule has 0 amide bonds. The van der Waals surface area contributed by atoms with Crippen LogP contribution in [0.3, 0.4) is 0 Å². The minimum atomic E-state index is -2.33. The molecular formula is C30H22Cl2SiZr. The van der Waals surface area contributed by atoms with E-state index in [2.05, 4.69) is 121 Å². The first-order valence-corrected chi connectivity index (χ1v) is 16.2. The zero-order valence-corrected chi connectivity index (χ0v) is 23.4. The van der Waals surface area contributed by atoms with E-state index in [0.29, 0.717) is 7.25 Å². The molecule has 0 radical (unpaired) electrons. The third kappa shape index (κ3) is 3.27. The maximum Gasteiger partial charge on any atom is -1.00 e. The van der Waals surface area contributed by atoms with Gasteiger partial charge in [0.25, 0.3) is 0 Å². The molecule has 0 nitrogen and oxygen atoms in total. The molecule has 0 saturated carbocycles. The molecule has 2 atom stereocenters. The quantitative estimate of drug-likeness (QED) is 0.290. The molecule has 1 heterocycles. The van der Waals surface area contributed by atoms with Crippen LogP contribution in [-0.2, 0) is 23.2 Å². The van der Waals surface area contributed by atoms with Gasteiger partial charge in [-0.15, -0.1) is 0 Å². The van der Waals surface area contributed by atoms with Crippen molar-refractivity contribution in [2.45, 2.75) is 7.25 Å². The SMILES string of the molecule is C1=C2[CH]([Zr+2][CH]3C(=Cc4ccccc43)[Si]2(c2ccccc2)c2ccccc2)c2ccccc21.[Cl-].[Cl-]. The number of fused-ring (bicyclic) bond motifs is 6. The van der Waals surface area contributed by atoms with Crippen molar-refractivity contribution in [3.05, 3.63) is 142 Å². The number of hydrogen-bond donors (Lipinski definition) is 0. The van der Waals surface area contributed by atoms with Crippen molar-refractivity contribution in [1.82, 2.24) is 0 Å². The zero-order chi connectivity index (χ0) is 21.1. The van der Waals surface area contributed by atoms with Gasteiger partial charge in [0.15, 0.2) is 0 Å². The van der Waals surface area contributed by atoms with Gasteiger partial charge in [0.1, 0.15) is 0 Å². The normalized spacial score (nSPS) is 19.9. The Balaban J connectivity index is 0.00000120. The van der Waals surface area contributed by atoms with Crippen molar-refractivity contribution >= 4 is 30.6 Å². The summed E-state index contributed by atoms with van der Waals surface area (Å²) in [5, 5.41) is 6.58. The average molecular weight is 573 g/mol. The summed E-state index contributed by atoms with van der Waals surface area (Å²) >= 11 is -0.792. The smallest absolute Gasteiger partial charge is 1.00 e. The largest absolute Gasteiger partial charge is 1.00 e. The summed E-state index contributed by atoms with van der Waals surface area (Å²) in [6, 6.07) is 41.4. The van der Waals surface area contributed by atoms with E-state index in [1.165, 1.54) is 11.1 Å². The van der Waals surface area contributed by atoms with E-state index in [1.807, 2.05) is 0 Å². The Labute approximate surface area is 226 Å². The van der Waals surface area contributed by atoms with Crippen LogP contribution in [-0.4, -0.2) is 8.07 Å². The number of hydrogen-bond acceptors (Lipinski definition) is 0. The molecule has 4 aromatic carbocycles. The molecule has 7 rings (SSSR count). The second-order valence-electron chi connectivity index (χ2n) is 8.97. The second-order valence-corrected chi connectivity index (χ2v) is 16.4. The molecule has 164 valence electrons. The van der Waals surface area contributed by atoms with Crippen LogP contribution in [0.15, 0.2) is 120 Å². The molecule has 2 aliphatic carbocycles. The molecule has 3 aliphatic rings. The Bertz CT molecular complexity index is 1300. The molecule has 34 heavy (non-hydrogen) atoms. The van der Waals surface area contributed by atoms with Gasteiger partial charge in [-0.1, -0.05) is 0 Å². The van der Waals surface area contributed by atoms with E-state index in [0.717, 1.165) is 0 Å². The standard InChI is InChI=1S/C30H22Si.2ClH.Zr/c1-3-15-27(16-4-1)31(28-17-5-2-6-18-28,29-19-23-11-7-8-12-24(23)20-29)30-21-25-13-9-10-14-26(25)22-30;;;/h1-22H;2*1H;/q;;;+2/p-2. The van der Waals surface area contributed by atoms with Crippen LogP contribution in [0.4, 0.5) is 0 Å². The summed E-state index contributed by atoms with van der Waals surface area (Å²) in [5.41, 5.74) is 6.12. The third-order valence-corrected chi connectivity index (χ3v) is 18.6. The van der Waals surface area contributed by atoms with Crippen molar-refractivity contribution in [3.8, 4) is 0 Å². The predicted molar refractivity (Wildman–Crippen MR) is 132 cm³/mol. The summed E-state index contributed by atoms with van der Waals surface area (Å²) in [6.07, 6.45) is 5.21. The Morgan fingerprint density at radius 2 is 0.853 bits per heavy atom. The Kier molecular flexibility index (Phi) is 6.46. The average Bonchev–Trinajstić information content (AvgIpc) is 3.42. The Morgan fingerprint density at radius 3 is 1.29 bits per heavy atom. The number of halogens is 2. The van der Waals surface area contributed by atoms with Crippen LogP contribution in [0.1, 0.15) is 29.5 Å². The number of benzene rings is 4. The van der Waals surface area contributed by atoms with Crippen molar-refractivity contribution in [3.63, 3.8) is 0 Å². The second kappa shape index (κ2) is 9.25. The topological polar surface area (TPSA) is 0 Å². The fraction of sp³-hybridized carbons (Fsp3) is 0.0667. The van der Waals surface area contributed by atoms with E-state index in [9.17, 15) is 0 Å². The molecule has 2 unspecified atom stereocenters. The van der Waals surface area contributed by atoms with Gasteiger partial charge in [0, 0.05) is 0 Å². The molecule has 1 saturated heterocycles. The van der Waals surface area contributed by atoms with Crippen LogP contribution in [0, 0.1) is 0 Å². The van der Waals surface area contributed by atoms with E-state index in [4.69, 9.17) is 0 Å². The molecule has 0 bridgehead atoms. The molecule has 1 fully saturated rings. The molecule has 0 aromatic heterocycles. The van der Waals surface area contributed by atoms with E-state index < -0.39 is 31.3 Å². The van der Waals surface area contributed by atoms with Crippen molar-refractivity contribution < 1.29 is 48.0 Å². The van der Waals surface area contributed by atoms with Crippen LogP contribution in [0.2, 0.25) is 0 Å². The molecule has 1 aliphatic heterocycles. The predicted octanol–water partition coefficient (Wildman–Crippen LogP) is -0.291. The maximum atomic E-state index is 2.60. The monoisotopic (exact) mass is 570 g/mol. The van der Waals surface area contributed by atoms with E-state index >= 15 is 0 Å². The molecule has 4 heteroatoms. The first-order valence-electron chi connectivity index (χ1n) is 11.4. The molecule has 0 spiro atoms. The fourth-order valence-electron chi connectivity index (χ4n) is 6.20. The molecule has 0 N–H and O–H groups in total. The summed E-state index contributed by atoms with van der Waals surface area (Å²) in [4.78, 5) is 0. The van der Waals surface area contributed by atoms with Crippen LogP contribution in [0.5, 0.6) is 0 Å². The van der Waals surface area contributed by atoms with Gasteiger partial charge in [0.05, 0.1) is 0 Å². The van der Waals surface area contributed by atoms with Gasteiger partial charge in [-0.2, -0.15) is 0 Å². The first kappa shape index (κ1) is 23.8. The molecule has 4 aromatic rings. The number of allylic oxidation sites excluding steroid dienone is 2. The van der Waals surface area contributed by atoms with E-state index in [1.54, 1.807) is 31.9 Å². The summed E-state index contributed by atoms with van der Waals surface area (Å²) in [6.45, 7) is 0. The molecular weight excluding hydrogens is 551 g/mol. The van der Waals surface area contributed by atoms with Crippen LogP contribution in [0.25, 0.3) is 12.2 Å². The van der Waals surface area contributed by atoms with Gasteiger partial charge in [-0.3, -0.25) is 0 Å². The van der Waals surface area contributed by atoms with Gasteiger partial charge >= 0.3 is 203 Å². The fourth-order valence-corrected chi connectivity index (χ4v) is 20.0. The van der Waals surface area contributed by atoms with E-state index in [-0.39, 0.29) is 24.8 Å². The van der Waals surface area contributed by atoms with Crippen LogP contribution >= 0.6 is 0 Å². The Morgan fingerprint density at radius 1 is 0.471 bits per heavy atom. The van der Waals surface area contributed by atoms with Gasteiger partial charge in [-0.05, 0) is 0 Å². The summed E-state index contributed by atoms with van der Waals surface area (Å²) in [5.74, 6) is 0.